The zero-order valence-corrected chi connectivity index (χ0v) is 14.5. The maximum atomic E-state index is 14.0. The summed E-state index contributed by atoms with van der Waals surface area (Å²) in [5, 5.41) is 14.3. The summed E-state index contributed by atoms with van der Waals surface area (Å²) < 4.78 is 14.8. The maximum absolute atomic E-state index is 14.0. The average Bonchev–Trinajstić information content (AvgIpc) is 2.88. The Morgan fingerprint density at radius 1 is 1.32 bits per heavy atom. The van der Waals surface area contributed by atoms with Gasteiger partial charge in [-0.2, -0.15) is 4.73 Å². The largest absolute Gasteiger partial charge is 0.619 e. The van der Waals surface area contributed by atoms with Crippen LogP contribution in [0.2, 0.25) is 10.0 Å². The van der Waals surface area contributed by atoms with Gasteiger partial charge in [-0.05, 0) is 37.0 Å². The highest BCUT2D eigenvalue weighted by Gasteiger charge is 2.43. The first-order valence-electron chi connectivity index (χ1n) is 7.89. The van der Waals surface area contributed by atoms with Crippen molar-refractivity contribution in [3.05, 3.63) is 62.8 Å². The summed E-state index contributed by atoms with van der Waals surface area (Å²) >= 11 is 11.7. The van der Waals surface area contributed by atoms with E-state index in [1.54, 1.807) is 17.2 Å². The fourth-order valence-corrected chi connectivity index (χ4v) is 4.09. The van der Waals surface area contributed by atoms with Gasteiger partial charge in [0.2, 0.25) is 0 Å². The second-order valence-electron chi connectivity index (χ2n) is 6.32. The van der Waals surface area contributed by atoms with Gasteiger partial charge >= 0.3 is 6.03 Å². The van der Waals surface area contributed by atoms with Crippen molar-refractivity contribution in [2.45, 2.75) is 31.3 Å². The molecule has 2 amide bonds. The van der Waals surface area contributed by atoms with E-state index in [2.05, 4.69) is 5.32 Å². The van der Waals surface area contributed by atoms with E-state index >= 15 is 0 Å². The van der Waals surface area contributed by atoms with E-state index < -0.39 is 5.82 Å². The summed E-state index contributed by atoms with van der Waals surface area (Å²) in [5.41, 5.74) is 1.94. The number of benzene rings is 1. The molecule has 3 heterocycles. The molecule has 130 valence electrons. The Kier molecular flexibility index (Phi) is 3.96. The van der Waals surface area contributed by atoms with Crippen LogP contribution in [0.15, 0.2) is 30.6 Å². The Morgan fingerprint density at radius 2 is 2.08 bits per heavy atom. The number of hydrogen-bond acceptors (Lipinski definition) is 2. The van der Waals surface area contributed by atoms with Crippen LogP contribution < -0.4 is 10.0 Å². The first kappa shape index (κ1) is 16.4. The van der Waals surface area contributed by atoms with Gasteiger partial charge in [0.05, 0.1) is 21.8 Å². The van der Waals surface area contributed by atoms with Gasteiger partial charge in [0, 0.05) is 17.7 Å². The summed E-state index contributed by atoms with van der Waals surface area (Å²) in [6.45, 7) is 0. The Bertz CT molecular complexity index is 877. The molecular formula is C17H14Cl2FN3O2. The summed E-state index contributed by atoms with van der Waals surface area (Å²) in [6.07, 6.45) is 5.28. The highest BCUT2D eigenvalue weighted by Crippen LogP contribution is 2.43. The molecule has 25 heavy (non-hydrogen) atoms. The number of carbonyl (C=O) groups excluding carboxylic acids is 1. The summed E-state index contributed by atoms with van der Waals surface area (Å²) in [4.78, 5) is 14.5. The lowest BCUT2D eigenvalue weighted by Gasteiger charge is -2.35. The van der Waals surface area contributed by atoms with Gasteiger partial charge in [0.25, 0.3) is 0 Å². The molecule has 2 aliphatic heterocycles. The molecular weight excluding hydrogens is 368 g/mol. The van der Waals surface area contributed by atoms with Gasteiger partial charge in [-0.15, -0.1) is 0 Å². The van der Waals surface area contributed by atoms with Crippen LogP contribution in [0.1, 0.15) is 30.0 Å². The first-order chi connectivity index (χ1) is 11.9. The van der Waals surface area contributed by atoms with Crippen LogP contribution in [0.4, 0.5) is 14.9 Å². The molecule has 2 aliphatic rings. The van der Waals surface area contributed by atoms with Crippen molar-refractivity contribution in [3.8, 4) is 0 Å². The number of nitrogens with zero attached hydrogens (tertiary/aromatic N) is 2. The number of amides is 2. The monoisotopic (exact) mass is 381 g/mol. The van der Waals surface area contributed by atoms with Crippen molar-refractivity contribution < 1.29 is 13.9 Å². The smallest absolute Gasteiger partial charge is 0.322 e. The van der Waals surface area contributed by atoms with Gasteiger partial charge < -0.3 is 15.4 Å². The van der Waals surface area contributed by atoms with Crippen molar-refractivity contribution in [1.29, 1.82) is 0 Å². The minimum Gasteiger partial charge on any atom is -0.619 e. The number of fused-ring (bicyclic) bond motifs is 4. The second-order valence-corrected chi connectivity index (χ2v) is 7.13. The van der Waals surface area contributed by atoms with Crippen molar-refractivity contribution in [2.24, 2.45) is 0 Å². The minimum absolute atomic E-state index is 0.00458. The molecule has 0 radical (unpaired) electrons. The van der Waals surface area contributed by atoms with Crippen molar-refractivity contribution in [2.75, 3.05) is 5.32 Å². The fraction of sp³-hybridized carbons (Fsp3) is 0.294. The van der Waals surface area contributed by atoms with Crippen LogP contribution >= 0.6 is 23.2 Å². The SMILES string of the molecule is O=C(Nc1cc(Cl)c(Cl)cc1F)N1[C@H]2CC[C@@H]1c1cc[n+]([O-])cc1C2. The molecule has 1 aromatic carbocycles. The third-order valence-corrected chi connectivity index (χ3v) is 5.58. The molecule has 2 bridgehead atoms. The average molecular weight is 382 g/mol. The second kappa shape index (κ2) is 6.04. The number of rotatable bonds is 1. The van der Waals surface area contributed by atoms with Crippen LogP contribution in [0.3, 0.4) is 0 Å². The molecule has 4 rings (SSSR count). The first-order valence-corrected chi connectivity index (χ1v) is 8.65. The summed E-state index contributed by atoms with van der Waals surface area (Å²) in [7, 11) is 0. The number of aromatic nitrogens is 1. The van der Waals surface area contributed by atoms with E-state index in [0.717, 1.165) is 34.8 Å². The normalized spacial score (nSPS) is 21.2. The molecule has 2 aromatic rings. The number of carbonyl (C=O) groups is 1. The molecule has 1 saturated heterocycles. The Balaban J connectivity index is 1.62. The number of nitrogens with one attached hydrogen (secondary N) is 1. The predicted octanol–water partition coefficient (Wildman–Crippen LogP) is 4.06. The molecule has 8 heteroatoms. The number of anilines is 1. The zero-order chi connectivity index (χ0) is 17.7. The molecule has 1 fully saturated rings. The van der Waals surface area contributed by atoms with E-state index in [1.165, 1.54) is 12.3 Å². The van der Waals surface area contributed by atoms with Crippen LogP contribution in [-0.2, 0) is 6.42 Å². The summed E-state index contributed by atoms with van der Waals surface area (Å²) in [5.74, 6) is -0.639. The summed E-state index contributed by atoms with van der Waals surface area (Å²) in [6, 6.07) is 3.64. The lowest BCUT2D eigenvalue weighted by Crippen LogP contribution is -2.45. The van der Waals surface area contributed by atoms with Gasteiger partial charge in [0.1, 0.15) is 5.82 Å². The van der Waals surface area contributed by atoms with E-state index in [1.807, 2.05) is 0 Å². The Hall–Kier alpha value is -2.05. The topological polar surface area (TPSA) is 59.3 Å². The quantitative estimate of drug-likeness (QED) is 0.460. The standard InChI is InChI=1S/C17H14Cl2FN3O2/c18-12-6-14(20)15(7-13(12)19)21-17(24)23-10-1-2-16(23)11-3-4-22(25)8-9(11)5-10/h3-4,6-8,10,16H,1-2,5H2,(H,21,24)/t10-,16+/m0/s1. The maximum Gasteiger partial charge on any atom is 0.322 e. The molecule has 0 aliphatic carbocycles. The third kappa shape index (κ3) is 2.79. The molecule has 0 spiro atoms. The van der Waals surface area contributed by atoms with Crippen molar-refractivity contribution >= 4 is 34.9 Å². The van der Waals surface area contributed by atoms with Crippen LogP contribution in [0, 0.1) is 11.0 Å². The Labute approximate surface area is 153 Å². The number of urea groups is 1. The predicted molar refractivity (Wildman–Crippen MR) is 92.1 cm³/mol. The molecule has 1 aromatic heterocycles. The molecule has 0 unspecified atom stereocenters. The zero-order valence-electron chi connectivity index (χ0n) is 13.0. The van der Waals surface area contributed by atoms with Gasteiger partial charge in [-0.25, -0.2) is 9.18 Å². The molecule has 2 atom stereocenters. The Morgan fingerprint density at radius 3 is 2.88 bits per heavy atom. The molecule has 0 saturated carbocycles. The van der Waals surface area contributed by atoms with E-state index in [-0.39, 0.29) is 33.8 Å². The van der Waals surface area contributed by atoms with E-state index in [0.29, 0.717) is 6.42 Å². The fourth-order valence-electron chi connectivity index (χ4n) is 3.78. The number of pyridine rings is 1. The molecule has 1 N–H and O–H groups in total. The van der Waals surface area contributed by atoms with Gasteiger partial charge in [-0.3, -0.25) is 0 Å². The number of halogens is 3. The van der Waals surface area contributed by atoms with Crippen molar-refractivity contribution in [3.63, 3.8) is 0 Å². The minimum atomic E-state index is -0.639. The highest BCUT2D eigenvalue weighted by molar-refractivity contribution is 6.42. The van der Waals surface area contributed by atoms with Crippen molar-refractivity contribution in [1.82, 2.24) is 4.90 Å². The van der Waals surface area contributed by atoms with E-state index in [4.69, 9.17) is 23.2 Å². The lowest BCUT2D eigenvalue weighted by atomic mass is 9.95. The molecule has 5 nitrogen and oxygen atoms in total. The van der Waals surface area contributed by atoms with Gasteiger partial charge in [0.15, 0.2) is 12.4 Å². The van der Waals surface area contributed by atoms with Crippen LogP contribution in [0.25, 0.3) is 0 Å². The van der Waals surface area contributed by atoms with E-state index in [9.17, 15) is 14.4 Å². The third-order valence-electron chi connectivity index (χ3n) is 4.86. The van der Waals surface area contributed by atoms with Gasteiger partial charge in [-0.1, -0.05) is 23.2 Å². The van der Waals surface area contributed by atoms with Crippen LogP contribution in [-0.4, -0.2) is 17.0 Å². The van der Waals surface area contributed by atoms with Crippen LogP contribution in [0.5, 0.6) is 0 Å². The highest BCUT2D eigenvalue weighted by atomic mass is 35.5. The number of hydrogen-bond donors (Lipinski definition) is 1. The lowest BCUT2D eigenvalue weighted by molar-refractivity contribution is -0.606.